The molecule has 1 N–H and O–H groups in total. The topological polar surface area (TPSA) is 38.7 Å². The van der Waals surface area contributed by atoms with Crippen molar-refractivity contribution in [2.45, 2.75) is 33.0 Å². The van der Waals surface area contributed by atoms with E-state index in [4.69, 9.17) is 9.47 Å². The normalized spacial score (nSPS) is 14.5. The molecule has 2 unspecified atom stereocenters. The van der Waals surface area contributed by atoms with Crippen LogP contribution in [0.5, 0.6) is 5.75 Å². The van der Waals surface area contributed by atoms with E-state index in [1.807, 2.05) is 45.0 Å². The summed E-state index contributed by atoms with van der Waals surface area (Å²) in [6.45, 7) is 6.88. The number of aliphatic hydroxyl groups excluding tert-OH is 1. The number of ether oxygens (including phenoxy) is 2. The van der Waals surface area contributed by atoms with Crippen LogP contribution in [0.25, 0.3) is 0 Å². The molecule has 2 atom stereocenters. The van der Waals surface area contributed by atoms with Gasteiger partial charge in [0.05, 0.1) is 12.7 Å². The fourth-order valence-electron chi connectivity index (χ4n) is 1.62. The first-order chi connectivity index (χ1) is 7.70. The van der Waals surface area contributed by atoms with Crippen LogP contribution in [0, 0.1) is 0 Å². The maximum atomic E-state index is 10.1. The summed E-state index contributed by atoms with van der Waals surface area (Å²) < 4.78 is 10.9. The predicted molar refractivity (Wildman–Crippen MR) is 63.7 cm³/mol. The van der Waals surface area contributed by atoms with Crippen molar-refractivity contribution in [2.75, 3.05) is 13.2 Å². The fraction of sp³-hybridized carbons (Fsp3) is 0.538. The highest BCUT2D eigenvalue weighted by Crippen LogP contribution is 2.28. The van der Waals surface area contributed by atoms with Gasteiger partial charge in [0.1, 0.15) is 11.9 Å². The van der Waals surface area contributed by atoms with Crippen molar-refractivity contribution in [1.82, 2.24) is 0 Å². The molecule has 90 valence electrons. The molecule has 1 aromatic rings. The maximum absolute atomic E-state index is 10.1. The van der Waals surface area contributed by atoms with E-state index in [1.165, 1.54) is 0 Å². The van der Waals surface area contributed by atoms with Crippen molar-refractivity contribution in [3.8, 4) is 5.75 Å². The highest BCUT2D eigenvalue weighted by molar-refractivity contribution is 5.35. The van der Waals surface area contributed by atoms with E-state index < -0.39 is 6.10 Å². The Morgan fingerprint density at radius 2 is 1.88 bits per heavy atom. The third-order valence-corrected chi connectivity index (χ3v) is 2.41. The van der Waals surface area contributed by atoms with Gasteiger partial charge in [-0.25, -0.2) is 0 Å². The largest absolute Gasteiger partial charge is 0.493 e. The standard InChI is InChI=1S/C13H20O3/c1-4-15-10(3)13(14)11-8-6-7-9-12(11)16-5-2/h6-10,13-14H,4-5H2,1-3H3. The quantitative estimate of drug-likeness (QED) is 0.807. The molecular weight excluding hydrogens is 204 g/mol. The number of hydrogen-bond donors (Lipinski definition) is 1. The highest BCUT2D eigenvalue weighted by atomic mass is 16.5. The molecule has 1 rings (SSSR count). The molecule has 0 heterocycles. The molecule has 1 aromatic carbocycles. The molecule has 0 saturated heterocycles. The Labute approximate surface area is 97.0 Å². The average molecular weight is 224 g/mol. The van der Waals surface area contributed by atoms with Gasteiger partial charge in [-0.15, -0.1) is 0 Å². The van der Waals surface area contributed by atoms with E-state index in [2.05, 4.69) is 0 Å². The van der Waals surface area contributed by atoms with Crippen LogP contribution in [0.3, 0.4) is 0 Å². The molecule has 0 radical (unpaired) electrons. The summed E-state index contributed by atoms with van der Waals surface area (Å²) in [4.78, 5) is 0. The highest BCUT2D eigenvalue weighted by Gasteiger charge is 2.19. The van der Waals surface area contributed by atoms with Crippen LogP contribution in [0.2, 0.25) is 0 Å². The van der Waals surface area contributed by atoms with Gasteiger partial charge >= 0.3 is 0 Å². The minimum Gasteiger partial charge on any atom is -0.493 e. The van der Waals surface area contributed by atoms with Gasteiger partial charge in [0, 0.05) is 12.2 Å². The molecule has 0 aliphatic heterocycles. The molecule has 0 fully saturated rings. The smallest absolute Gasteiger partial charge is 0.125 e. The molecule has 0 saturated carbocycles. The van der Waals surface area contributed by atoms with E-state index in [-0.39, 0.29) is 6.10 Å². The van der Waals surface area contributed by atoms with Gasteiger partial charge in [-0.3, -0.25) is 0 Å². The molecular formula is C13H20O3. The first-order valence-corrected chi connectivity index (χ1v) is 5.72. The number of hydrogen-bond acceptors (Lipinski definition) is 3. The molecule has 0 aliphatic carbocycles. The summed E-state index contributed by atoms with van der Waals surface area (Å²) in [5.41, 5.74) is 0.783. The first kappa shape index (κ1) is 13.0. The lowest BCUT2D eigenvalue weighted by Crippen LogP contribution is -2.19. The monoisotopic (exact) mass is 224 g/mol. The molecule has 0 aliphatic rings. The molecule has 3 heteroatoms. The lowest BCUT2D eigenvalue weighted by atomic mass is 10.0. The minimum absolute atomic E-state index is 0.230. The van der Waals surface area contributed by atoms with E-state index in [9.17, 15) is 5.11 Å². The SMILES string of the molecule is CCOc1ccccc1C(O)C(C)OCC. The molecule has 0 amide bonds. The van der Waals surface area contributed by atoms with Crippen molar-refractivity contribution in [3.63, 3.8) is 0 Å². The Bertz CT molecular complexity index is 312. The summed E-state index contributed by atoms with van der Waals surface area (Å²) in [6.07, 6.45) is -0.880. The third-order valence-electron chi connectivity index (χ3n) is 2.41. The summed E-state index contributed by atoms with van der Waals surface area (Å²) >= 11 is 0. The maximum Gasteiger partial charge on any atom is 0.125 e. The second-order valence-corrected chi connectivity index (χ2v) is 3.58. The van der Waals surface area contributed by atoms with E-state index in [1.54, 1.807) is 0 Å². The van der Waals surface area contributed by atoms with Gasteiger partial charge in [0.15, 0.2) is 0 Å². The molecule has 3 nitrogen and oxygen atoms in total. The zero-order valence-corrected chi connectivity index (χ0v) is 10.1. The molecule has 0 bridgehead atoms. The van der Waals surface area contributed by atoms with Gasteiger partial charge in [-0.2, -0.15) is 0 Å². The van der Waals surface area contributed by atoms with Gasteiger partial charge in [-0.05, 0) is 26.8 Å². The fourth-order valence-corrected chi connectivity index (χ4v) is 1.62. The van der Waals surface area contributed by atoms with E-state index in [0.29, 0.717) is 13.2 Å². The minimum atomic E-state index is -0.650. The Morgan fingerprint density at radius 3 is 2.50 bits per heavy atom. The summed E-state index contributed by atoms with van der Waals surface area (Å²) in [5, 5.41) is 10.1. The molecule has 16 heavy (non-hydrogen) atoms. The van der Waals surface area contributed by atoms with Crippen LogP contribution in [0.1, 0.15) is 32.4 Å². The average Bonchev–Trinajstić information content (AvgIpc) is 2.29. The van der Waals surface area contributed by atoms with Crippen molar-refractivity contribution in [2.24, 2.45) is 0 Å². The van der Waals surface area contributed by atoms with E-state index >= 15 is 0 Å². The molecule has 0 spiro atoms. The van der Waals surface area contributed by atoms with Crippen molar-refractivity contribution >= 4 is 0 Å². The zero-order chi connectivity index (χ0) is 12.0. The Kier molecular flexibility index (Phi) is 5.29. The van der Waals surface area contributed by atoms with Gasteiger partial charge in [0.2, 0.25) is 0 Å². The zero-order valence-electron chi connectivity index (χ0n) is 10.1. The van der Waals surface area contributed by atoms with Crippen LogP contribution in [-0.2, 0) is 4.74 Å². The lowest BCUT2D eigenvalue weighted by molar-refractivity contribution is -0.0238. The second-order valence-electron chi connectivity index (χ2n) is 3.58. The second kappa shape index (κ2) is 6.51. The Balaban J connectivity index is 2.84. The van der Waals surface area contributed by atoms with Crippen LogP contribution < -0.4 is 4.74 Å². The van der Waals surface area contributed by atoms with Crippen LogP contribution >= 0.6 is 0 Å². The predicted octanol–water partition coefficient (Wildman–Crippen LogP) is 2.54. The Morgan fingerprint density at radius 1 is 1.19 bits per heavy atom. The number of benzene rings is 1. The number of para-hydroxylation sites is 1. The van der Waals surface area contributed by atoms with Gasteiger partial charge in [-0.1, -0.05) is 18.2 Å². The van der Waals surface area contributed by atoms with Crippen molar-refractivity contribution < 1.29 is 14.6 Å². The van der Waals surface area contributed by atoms with Gasteiger partial charge in [0.25, 0.3) is 0 Å². The van der Waals surface area contributed by atoms with Crippen molar-refractivity contribution in [3.05, 3.63) is 29.8 Å². The first-order valence-electron chi connectivity index (χ1n) is 5.72. The van der Waals surface area contributed by atoms with Crippen LogP contribution in [0.15, 0.2) is 24.3 Å². The summed E-state index contributed by atoms with van der Waals surface area (Å²) in [6, 6.07) is 7.51. The summed E-state index contributed by atoms with van der Waals surface area (Å²) in [7, 11) is 0. The number of aliphatic hydroxyl groups is 1. The molecule has 0 aromatic heterocycles. The van der Waals surface area contributed by atoms with Crippen molar-refractivity contribution in [1.29, 1.82) is 0 Å². The Hall–Kier alpha value is -1.06. The van der Waals surface area contributed by atoms with Crippen LogP contribution in [-0.4, -0.2) is 24.4 Å². The lowest BCUT2D eigenvalue weighted by Gasteiger charge is -2.21. The van der Waals surface area contributed by atoms with E-state index in [0.717, 1.165) is 11.3 Å². The van der Waals surface area contributed by atoms with Crippen LogP contribution in [0.4, 0.5) is 0 Å². The summed E-state index contributed by atoms with van der Waals surface area (Å²) in [5.74, 6) is 0.726. The third kappa shape index (κ3) is 3.22. The van der Waals surface area contributed by atoms with Gasteiger partial charge < -0.3 is 14.6 Å². The number of rotatable bonds is 6.